The van der Waals surface area contributed by atoms with E-state index in [0.29, 0.717) is 5.69 Å². The van der Waals surface area contributed by atoms with Crippen molar-refractivity contribution < 1.29 is 23.0 Å². The Labute approximate surface area is 115 Å². The van der Waals surface area contributed by atoms with Gasteiger partial charge in [0.15, 0.2) is 0 Å². The highest BCUT2D eigenvalue weighted by Crippen LogP contribution is 2.27. The van der Waals surface area contributed by atoms with E-state index in [0.717, 1.165) is 32.1 Å². The van der Waals surface area contributed by atoms with Crippen LogP contribution in [0.3, 0.4) is 0 Å². The number of hydrogen-bond acceptors (Lipinski definition) is 3. The van der Waals surface area contributed by atoms with Gasteiger partial charge in [-0.25, -0.2) is 0 Å². The van der Waals surface area contributed by atoms with Crippen LogP contribution in [0, 0.1) is 0 Å². The van der Waals surface area contributed by atoms with Gasteiger partial charge < -0.3 is 15.2 Å². The number of halogens is 3. The number of ether oxygens (including phenoxy) is 1. The lowest BCUT2D eigenvalue weighted by molar-refractivity contribution is -0.274. The average Bonchev–Trinajstić information content (AvgIpc) is 2.53. The quantitative estimate of drug-likeness (QED) is 0.834. The Morgan fingerprint density at radius 2 is 1.90 bits per heavy atom. The van der Waals surface area contributed by atoms with Gasteiger partial charge in [-0.15, -0.1) is 13.2 Å². The van der Waals surface area contributed by atoms with Crippen molar-refractivity contribution in [3.05, 3.63) is 24.3 Å². The molecule has 0 aliphatic heterocycles. The normalized spacial score (nSPS) is 24.0. The Bertz CT molecular complexity index is 437. The molecule has 1 aromatic carbocycles. The Balaban J connectivity index is 2.03. The molecular formula is C14H18F3NO2. The summed E-state index contributed by atoms with van der Waals surface area (Å²) >= 11 is 0. The van der Waals surface area contributed by atoms with Gasteiger partial charge >= 0.3 is 6.36 Å². The minimum atomic E-state index is -4.69. The number of aliphatic hydroxyl groups is 1. The maximum Gasteiger partial charge on any atom is 0.573 e. The lowest BCUT2D eigenvalue weighted by Gasteiger charge is -2.23. The fourth-order valence-corrected chi connectivity index (χ4v) is 2.45. The van der Waals surface area contributed by atoms with Crippen LogP contribution >= 0.6 is 0 Å². The van der Waals surface area contributed by atoms with Crippen LogP contribution < -0.4 is 10.1 Å². The fourth-order valence-electron chi connectivity index (χ4n) is 2.45. The molecule has 0 aromatic heterocycles. The average molecular weight is 289 g/mol. The number of nitrogens with one attached hydrogen (secondary N) is 1. The van der Waals surface area contributed by atoms with Crippen molar-refractivity contribution in [2.75, 3.05) is 5.32 Å². The predicted octanol–water partition coefficient (Wildman–Crippen LogP) is 3.69. The summed E-state index contributed by atoms with van der Waals surface area (Å²) in [6.45, 7) is 0. The molecule has 6 heteroatoms. The minimum absolute atomic E-state index is 0.126. The predicted molar refractivity (Wildman–Crippen MR) is 69.6 cm³/mol. The first-order valence-corrected chi connectivity index (χ1v) is 6.74. The summed E-state index contributed by atoms with van der Waals surface area (Å²) in [5, 5.41) is 13.1. The van der Waals surface area contributed by atoms with Crippen molar-refractivity contribution in [2.24, 2.45) is 0 Å². The van der Waals surface area contributed by atoms with E-state index < -0.39 is 12.5 Å². The summed E-state index contributed by atoms with van der Waals surface area (Å²) in [4.78, 5) is 0. The molecule has 1 aromatic rings. The minimum Gasteiger partial charge on any atom is -0.406 e. The molecule has 0 amide bonds. The molecule has 20 heavy (non-hydrogen) atoms. The third-order valence-electron chi connectivity index (χ3n) is 3.40. The first-order chi connectivity index (χ1) is 9.44. The number of benzene rings is 1. The maximum absolute atomic E-state index is 12.2. The van der Waals surface area contributed by atoms with Crippen LogP contribution in [0.4, 0.5) is 18.9 Å². The van der Waals surface area contributed by atoms with Gasteiger partial charge in [0.25, 0.3) is 0 Å². The molecule has 0 bridgehead atoms. The van der Waals surface area contributed by atoms with E-state index in [-0.39, 0.29) is 11.8 Å². The van der Waals surface area contributed by atoms with Crippen LogP contribution in [0.5, 0.6) is 5.75 Å². The van der Waals surface area contributed by atoms with E-state index >= 15 is 0 Å². The van der Waals surface area contributed by atoms with E-state index in [2.05, 4.69) is 10.1 Å². The van der Waals surface area contributed by atoms with Gasteiger partial charge in [0.2, 0.25) is 0 Å². The fraction of sp³-hybridized carbons (Fsp3) is 0.571. The molecule has 0 spiro atoms. The zero-order valence-corrected chi connectivity index (χ0v) is 11.0. The summed E-state index contributed by atoms with van der Waals surface area (Å²) in [5.41, 5.74) is 0.526. The van der Waals surface area contributed by atoms with Crippen LogP contribution in [0.2, 0.25) is 0 Å². The SMILES string of the molecule is OC1CCCCCC1Nc1cccc(OC(F)(F)F)c1. The van der Waals surface area contributed by atoms with E-state index in [1.54, 1.807) is 6.07 Å². The Morgan fingerprint density at radius 1 is 1.15 bits per heavy atom. The second kappa shape index (κ2) is 6.35. The zero-order chi connectivity index (χ0) is 14.6. The summed E-state index contributed by atoms with van der Waals surface area (Å²) in [7, 11) is 0. The molecule has 0 radical (unpaired) electrons. The van der Waals surface area contributed by atoms with Gasteiger partial charge in [0, 0.05) is 11.8 Å². The molecule has 2 unspecified atom stereocenters. The van der Waals surface area contributed by atoms with Crippen LogP contribution in [0.1, 0.15) is 32.1 Å². The van der Waals surface area contributed by atoms with Crippen LogP contribution in [-0.4, -0.2) is 23.6 Å². The Kier molecular flexibility index (Phi) is 4.75. The maximum atomic E-state index is 12.2. The van der Waals surface area contributed by atoms with Crippen LogP contribution in [0.15, 0.2) is 24.3 Å². The smallest absolute Gasteiger partial charge is 0.406 e. The van der Waals surface area contributed by atoms with Gasteiger partial charge in [0.05, 0.1) is 12.1 Å². The second-order valence-electron chi connectivity index (χ2n) is 5.03. The molecule has 1 aliphatic carbocycles. The van der Waals surface area contributed by atoms with Crippen molar-refractivity contribution in [3.8, 4) is 5.75 Å². The van der Waals surface area contributed by atoms with E-state index in [4.69, 9.17) is 0 Å². The van der Waals surface area contributed by atoms with Crippen molar-refractivity contribution >= 4 is 5.69 Å². The molecule has 2 rings (SSSR count). The van der Waals surface area contributed by atoms with Crippen LogP contribution in [-0.2, 0) is 0 Å². The Morgan fingerprint density at radius 3 is 2.65 bits per heavy atom. The monoisotopic (exact) mass is 289 g/mol. The molecule has 2 N–H and O–H groups in total. The molecule has 1 saturated carbocycles. The van der Waals surface area contributed by atoms with Crippen LogP contribution in [0.25, 0.3) is 0 Å². The molecule has 3 nitrogen and oxygen atoms in total. The van der Waals surface area contributed by atoms with E-state index in [1.807, 2.05) is 0 Å². The number of anilines is 1. The molecule has 1 fully saturated rings. The van der Waals surface area contributed by atoms with Crippen molar-refractivity contribution in [3.63, 3.8) is 0 Å². The first kappa shape index (κ1) is 15.0. The zero-order valence-electron chi connectivity index (χ0n) is 11.0. The molecule has 2 atom stereocenters. The lowest BCUT2D eigenvalue weighted by atomic mass is 10.1. The highest BCUT2D eigenvalue weighted by molar-refractivity contribution is 5.49. The number of rotatable bonds is 3. The van der Waals surface area contributed by atoms with Crippen molar-refractivity contribution in [1.29, 1.82) is 0 Å². The molecule has 0 saturated heterocycles. The largest absolute Gasteiger partial charge is 0.573 e. The molecular weight excluding hydrogens is 271 g/mol. The van der Waals surface area contributed by atoms with E-state index in [1.165, 1.54) is 18.2 Å². The standard InChI is InChI=1S/C14H18F3NO2/c15-14(16,17)20-11-6-4-5-10(9-11)18-12-7-2-1-3-8-13(12)19/h4-6,9,12-13,18-19H,1-3,7-8H2. The van der Waals surface area contributed by atoms with E-state index in [9.17, 15) is 18.3 Å². The number of hydrogen-bond donors (Lipinski definition) is 2. The third-order valence-corrected chi connectivity index (χ3v) is 3.40. The number of aliphatic hydroxyl groups excluding tert-OH is 1. The summed E-state index contributed by atoms with van der Waals surface area (Å²) < 4.78 is 40.4. The van der Waals surface area contributed by atoms with Gasteiger partial charge in [-0.3, -0.25) is 0 Å². The molecule has 1 aliphatic rings. The molecule has 112 valence electrons. The van der Waals surface area contributed by atoms with Crippen molar-refractivity contribution in [2.45, 2.75) is 50.6 Å². The summed E-state index contributed by atoms with van der Waals surface area (Å²) in [6, 6.07) is 5.58. The van der Waals surface area contributed by atoms with Crippen molar-refractivity contribution in [1.82, 2.24) is 0 Å². The van der Waals surface area contributed by atoms with Gasteiger partial charge in [-0.05, 0) is 25.0 Å². The topological polar surface area (TPSA) is 41.5 Å². The summed E-state index contributed by atoms with van der Waals surface area (Å²) in [6.07, 6.45) is -0.566. The highest BCUT2D eigenvalue weighted by Gasteiger charge is 2.31. The highest BCUT2D eigenvalue weighted by atomic mass is 19.4. The van der Waals surface area contributed by atoms with Gasteiger partial charge in [0.1, 0.15) is 5.75 Å². The summed E-state index contributed by atoms with van der Waals surface area (Å²) in [5.74, 6) is -0.259. The van der Waals surface area contributed by atoms with Gasteiger partial charge in [-0.2, -0.15) is 0 Å². The molecule has 0 heterocycles. The third kappa shape index (κ3) is 4.59. The lowest BCUT2D eigenvalue weighted by Crippen LogP contribution is -2.32. The number of alkyl halides is 3. The Hall–Kier alpha value is -1.43. The van der Waals surface area contributed by atoms with Gasteiger partial charge in [-0.1, -0.05) is 25.3 Å². The second-order valence-corrected chi connectivity index (χ2v) is 5.03. The first-order valence-electron chi connectivity index (χ1n) is 6.74.